The molecule has 0 radical (unpaired) electrons. The molecule has 5 nitrogen and oxygen atoms in total. The average molecular weight is 293 g/mol. The molecule has 0 unspecified atom stereocenters. The molecule has 1 saturated heterocycles. The molecule has 0 atom stereocenters. The zero-order valence-electron chi connectivity index (χ0n) is 14.1. The Morgan fingerprint density at radius 3 is 2.81 bits per heavy atom. The van der Waals surface area contributed by atoms with E-state index in [1.165, 1.54) is 32.4 Å². The fourth-order valence-corrected chi connectivity index (χ4v) is 2.78. The second-order valence-corrected chi connectivity index (χ2v) is 7.37. The second kappa shape index (κ2) is 7.36. The van der Waals surface area contributed by atoms with Crippen LogP contribution in [0.1, 0.15) is 52.7 Å². The molecule has 1 aliphatic rings. The molecule has 120 valence electrons. The minimum absolute atomic E-state index is 0.482. The van der Waals surface area contributed by atoms with Crippen molar-refractivity contribution < 1.29 is 0 Å². The highest BCUT2D eigenvalue weighted by atomic mass is 15.4. The smallest absolute Gasteiger partial charge is 0.0964 e. The molecular weight excluding hydrogens is 262 g/mol. The summed E-state index contributed by atoms with van der Waals surface area (Å²) in [4.78, 5) is 2.57. The van der Waals surface area contributed by atoms with Crippen LogP contribution in [0.15, 0.2) is 6.20 Å². The summed E-state index contributed by atoms with van der Waals surface area (Å²) in [5, 5.41) is 11.8. The Balaban J connectivity index is 1.75. The normalized spacial score (nSPS) is 19.9. The first-order valence-corrected chi connectivity index (χ1v) is 8.29. The van der Waals surface area contributed by atoms with E-state index in [0.717, 1.165) is 25.3 Å². The maximum Gasteiger partial charge on any atom is 0.0964 e. The highest BCUT2D eigenvalue weighted by Gasteiger charge is 2.22. The van der Waals surface area contributed by atoms with Gasteiger partial charge >= 0.3 is 0 Å². The van der Waals surface area contributed by atoms with Crippen LogP contribution in [-0.4, -0.2) is 45.6 Å². The van der Waals surface area contributed by atoms with Crippen molar-refractivity contribution >= 4 is 0 Å². The van der Waals surface area contributed by atoms with E-state index in [1.807, 2.05) is 4.68 Å². The molecule has 0 spiro atoms. The Kier molecular flexibility index (Phi) is 5.76. The highest BCUT2D eigenvalue weighted by molar-refractivity contribution is 4.91. The fourth-order valence-electron chi connectivity index (χ4n) is 2.78. The Bertz CT molecular complexity index is 424. The predicted molar refractivity (Wildman–Crippen MR) is 86.1 cm³/mol. The van der Waals surface area contributed by atoms with Crippen LogP contribution in [0.5, 0.6) is 0 Å². The highest BCUT2D eigenvalue weighted by Crippen LogP contribution is 2.29. The molecule has 0 bridgehead atoms. The maximum absolute atomic E-state index is 4.23. The molecule has 2 heterocycles. The molecule has 1 aliphatic heterocycles. The van der Waals surface area contributed by atoms with Gasteiger partial charge < -0.3 is 10.2 Å². The minimum atomic E-state index is 0.482. The molecule has 5 heteroatoms. The summed E-state index contributed by atoms with van der Waals surface area (Å²) >= 11 is 0. The van der Waals surface area contributed by atoms with E-state index < -0.39 is 0 Å². The van der Waals surface area contributed by atoms with Gasteiger partial charge in [-0.15, -0.1) is 5.10 Å². The van der Waals surface area contributed by atoms with E-state index in [4.69, 9.17) is 0 Å². The van der Waals surface area contributed by atoms with Crippen molar-refractivity contribution in [2.24, 2.45) is 5.41 Å². The SMILES string of the molecule is CC(C)NCc1cn(CCN2CCCC(C)(C)CC2)nn1. The lowest BCUT2D eigenvalue weighted by atomic mass is 9.85. The molecule has 0 amide bonds. The largest absolute Gasteiger partial charge is 0.309 e. The van der Waals surface area contributed by atoms with E-state index in [-0.39, 0.29) is 0 Å². The van der Waals surface area contributed by atoms with Gasteiger partial charge in [0.1, 0.15) is 0 Å². The van der Waals surface area contributed by atoms with Crippen molar-refractivity contribution in [1.29, 1.82) is 0 Å². The first-order valence-electron chi connectivity index (χ1n) is 8.29. The first-order chi connectivity index (χ1) is 9.94. The van der Waals surface area contributed by atoms with Crippen LogP contribution < -0.4 is 5.32 Å². The van der Waals surface area contributed by atoms with Gasteiger partial charge in [0.25, 0.3) is 0 Å². The Morgan fingerprint density at radius 1 is 1.24 bits per heavy atom. The van der Waals surface area contributed by atoms with Gasteiger partial charge in [0.05, 0.1) is 12.2 Å². The first kappa shape index (κ1) is 16.4. The van der Waals surface area contributed by atoms with E-state index in [1.54, 1.807) is 0 Å². The van der Waals surface area contributed by atoms with Crippen LogP contribution in [0, 0.1) is 5.41 Å². The predicted octanol–water partition coefficient (Wildman–Crippen LogP) is 2.29. The third kappa shape index (κ3) is 5.75. The maximum atomic E-state index is 4.23. The van der Waals surface area contributed by atoms with Crippen molar-refractivity contribution in [3.05, 3.63) is 11.9 Å². The van der Waals surface area contributed by atoms with Gasteiger partial charge in [0, 0.05) is 25.3 Å². The number of hydrogen-bond acceptors (Lipinski definition) is 4. The van der Waals surface area contributed by atoms with Crippen molar-refractivity contribution in [2.75, 3.05) is 19.6 Å². The molecule has 1 fully saturated rings. The molecule has 0 aliphatic carbocycles. The third-order valence-corrected chi connectivity index (χ3v) is 4.36. The summed E-state index contributed by atoms with van der Waals surface area (Å²) in [5.74, 6) is 0. The van der Waals surface area contributed by atoms with Crippen LogP contribution in [0.25, 0.3) is 0 Å². The van der Waals surface area contributed by atoms with Crippen molar-refractivity contribution in [3.63, 3.8) is 0 Å². The lowest BCUT2D eigenvalue weighted by Gasteiger charge is -2.23. The number of aromatic nitrogens is 3. The molecule has 21 heavy (non-hydrogen) atoms. The molecule has 2 rings (SSSR count). The molecule has 0 saturated carbocycles. The molecule has 1 N–H and O–H groups in total. The summed E-state index contributed by atoms with van der Waals surface area (Å²) < 4.78 is 1.98. The van der Waals surface area contributed by atoms with Gasteiger partial charge in [-0.1, -0.05) is 32.9 Å². The summed E-state index contributed by atoms with van der Waals surface area (Å²) in [6.07, 6.45) is 6.02. The Morgan fingerprint density at radius 2 is 2.05 bits per heavy atom. The molecule has 1 aromatic heterocycles. The van der Waals surface area contributed by atoms with Gasteiger partial charge in [-0.25, -0.2) is 0 Å². The van der Waals surface area contributed by atoms with E-state index >= 15 is 0 Å². The topological polar surface area (TPSA) is 46.0 Å². The zero-order chi connectivity index (χ0) is 15.3. The monoisotopic (exact) mass is 293 g/mol. The summed E-state index contributed by atoms with van der Waals surface area (Å²) in [7, 11) is 0. The van der Waals surface area contributed by atoms with Crippen LogP contribution in [-0.2, 0) is 13.1 Å². The minimum Gasteiger partial charge on any atom is -0.309 e. The summed E-state index contributed by atoms with van der Waals surface area (Å²) in [6.45, 7) is 14.3. The van der Waals surface area contributed by atoms with Gasteiger partial charge in [-0.3, -0.25) is 4.68 Å². The summed E-state index contributed by atoms with van der Waals surface area (Å²) in [6, 6.07) is 0.482. The van der Waals surface area contributed by atoms with E-state index in [0.29, 0.717) is 11.5 Å². The average Bonchev–Trinajstić information content (AvgIpc) is 2.79. The third-order valence-electron chi connectivity index (χ3n) is 4.36. The van der Waals surface area contributed by atoms with Crippen molar-refractivity contribution in [2.45, 2.75) is 66.1 Å². The van der Waals surface area contributed by atoms with Gasteiger partial charge in [0.2, 0.25) is 0 Å². The van der Waals surface area contributed by atoms with Crippen LogP contribution >= 0.6 is 0 Å². The van der Waals surface area contributed by atoms with E-state index in [9.17, 15) is 0 Å². The second-order valence-electron chi connectivity index (χ2n) is 7.37. The van der Waals surface area contributed by atoms with Gasteiger partial charge in [0.15, 0.2) is 0 Å². The van der Waals surface area contributed by atoms with Crippen molar-refractivity contribution in [3.8, 4) is 0 Å². The number of nitrogens with one attached hydrogen (secondary N) is 1. The lowest BCUT2D eigenvalue weighted by molar-refractivity contribution is 0.250. The van der Waals surface area contributed by atoms with Gasteiger partial charge in [-0.2, -0.15) is 0 Å². The molecule has 0 aromatic carbocycles. The number of nitrogens with zero attached hydrogens (tertiary/aromatic N) is 4. The zero-order valence-corrected chi connectivity index (χ0v) is 14.1. The van der Waals surface area contributed by atoms with Crippen molar-refractivity contribution in [1.82, 2.24) is 25.2 Å². The van der Waals surface area contributed by atoms with Crippen LogP contribution in [0.4, 0.5) is 0 Å². The van der Waals surface area contributed by atoms with E-state index in [2.05, 4.69) is 54.4 Å². The number of hydrogen-bond donors (Lipinski definition) is 1. The Labute approximate surface area is 129 Å². The van der Waals surface area contributed by atoms with Gasteiger partial charge in [-0.05, 0) is 37.8 Å². The standard InChI is InChI=1S/C16H31N5/c1-14(2)17-12-15-13-21(19-18-15)11-10-20-8-5-6-16(3,4)7-9-20/h13-14,17H,5-12H2,1-4H3. The summed E-state index contributed by atoms with van der Waals surface area (Å²) in [5.41, 5.74) is 1.54. The number of likely N-dealkylation sites (tertiary alicyclic amines) is 1. The molecule has 1 aromatic rings. The lowest BCUT2D eigenvalue weighted by Crippen LogP contribution is -2.29. The quantitative estimate of drug-likeness (QED) is 0.874. The Hall–Kier alpha value is -0.940. The van der Waals surface area contributed by atoms with Crippen LogP contribution in [0.2, 0.25) is 0 Å². The molecular formula is C16H31N5. The number of rotatable bonds is 6. The fraction of sp³-hybridized carbons (Fsp3) is 0.875. The van der Waals surface area contributed by atoms with Crippen LogP contribution in [0.3, 0.4) is 0 Å².